The first-order valence-corrected chi connectivity index (χ1v) is 12.9. The molecule has 4 aromatic rings. The lowest BCUT2D eigenvalue weighted by atomic mass is 9.89. The van der Waals surface area contributed by atoms with Crippen molar-refractivity contribution in [2.45, 2.75) is 32.1 Å². The Morgan fingerprint density at radius 1 is 1.05 bits per heavy atom. The van der Waals surface area contributed by atoms with Gasteiger partial charge in [-0.15, -0.1) is 0 Å². The van der Waals surface area contributed by atoms with Crippen LogP contribution in [0.1, 0.15) is 43.2 Å². The van der Waals surface area contributed by atoms with Gasteiger partial charge in [0, 0.05) is 24.8 Å². The predicted molar refractivity (Wildman–Crippen MR) is 148 cm³/mol. The Labute approximate surface area is 217 Å². The molecule has 7 heteroatoms. The van der Waals surface area contributed by atoms with Crippen LogP contribution in [0, 0.1) is 11.3 Å². The summed E-state index contributed by atoms with van der Waals surface area (Å²) in [5.74, 6) is 1.33. The fourth-order valence-electron chi connectivity index (χ4n) is 5.16. The molecule has 0 radical (unpaired) electrons. The lowest BCUT2D eigenvalue weighted by molar-refractivity contribution is -0.114. The zero-order valence-corrected chi connectivity index (χ0v) is 21.2. The molecule has 1 aliphatic rings. The Morgan fingerprint density at radius 3 is 2.59 bits per heavy atom. The van der Waals surface area contributed by atoms with Gasteiger partial charge < -0.3 is 15.5 Å². The van der Waals surface area contributed by atoms with Gasteiger partial charge >= 0.3 is 0 Å². The van der Waals surface area contributed by atoms with Crippen molar-refractivity contribution in [3.05, 3.63) is 83.9 Å². The number of nitriles is 1. The number of benzene rings is 3. The highest BCUT2D eigenvalue weighted by atomic mass is 16.1. The molecule has 2 heterocycles. The van der Waals surface area contributed by atoms with Gasteiger partial charge in [-0.05, 0) is 98.9 Å². The molecule has 1 aromatic heterocycles. The number of nitrogens with one attached hydrogen (secondary N) is 2. The minimum atomic E-state index is -0.0342. The average Bonchev–Trinajstić information content (AvgIpc) is 3.29. The van der Waals surface area contributed by atoms with Crippen molar-refractivity contribution in [3.8, 4) is 11.8 Å². The van der Waals surface area contributed by atoms with E-state index < -0.39 is 0 Å². The van der Waals surface area contributed by atoms with E-state index in [1.54, 1.807) is 6.92 Å². The first kappa shape index (κ1) is 24.5. The normalized spacial score (nSPS) is 14.4. The number of hydrogen-bond donors (Lipinski definition) is 2. The van der Waals surface area contributed by atoms with Gasteiger partial charge in [-0.2, -0.15) is 5.26 Å². The van der Waals surface area contributed by atoms with Crippen LogP contribution >= 0.6 is 0 Å². The maximum atomic E-state index is 11.4. The van der Waals surface area contributed by atoms with Crippen molar-refractivity contribution in [3.63, 3.8) is 0 Å². The Bertz CT molecular complexity index is 1410. The molecule has 0 unspecified atom stereocenters. The number of hydrogen-bond acceptors (Lipinski definition) is 5. The summed E-state index contributed by atoms with van der Waals surface area (Å²) in [7, 11) is 0. The van der Waals surface area contributed by atoms with E-state index in [4.69, 9.17) is 10.2 Å². The summed E-state index contributed by atoms with van der Waals surface area (Å²) in [4.78, 5) is 18.8. The summed E-state index contributed by atoms with van der Waals surface area (Å²) in [6.07, 6.45) is 3.29. The van der Waals surface area contributed by atoms with Gasteiger partial charge in [0.2, 0.25) is 11.9 Å². The molecule has 3 aromatic carbocycles. The van der Waals surface area contributed by atoms with Gasteiger partial charge in [0.25, 0.3) is 0 Å². The molecule has 0 bridgehead atoms. The lowest BCUT2D eigenvalue weighted by Gasteiger charge is -2.32. The topological polar surface area (TPSA) is 86.0 Å². The van der Waals surface area contributed by atoms with E-state index in [2.05, 4.69) is 44.4 Å². The number of para-hydroxylation sites is 2. The smallest absolute Gasteiger partial charge is 0.221 e. The number of piperidine rings is 1. The van der Waals surface area contributed by atoms with Crippen LogP contribution in [0.3, 0.4) is 0 Å². The molecule has 2 N–H and O–H groups in total. The van der Waals surface area contributed by atoms with Gasteiger partial charge in [-0.1, -0.05) is 24.3 Å². The van der Waals surface area contributed by atoms with Crippen LogP contribution < -0.4 is 10.6 Å². The number of carbonyl (C=O) groups is 1. The predicted octanol–water partition coefficient (Wildman–Crippen LogP) is 5.54. The van der Waals surface area contributed by atoms with Gasteiger partial charge in [0.15, 0.2) is 0 Å². The van der Waals surface area contributed by atoms with E-state index in [1.165, 1.54) is 5.56 Å². The second-order valence-electron chi connectivity index (χ2n) is 9.62. The summed E-state index contributed by atoms with van der Waals surface area (Å²) in [6, 6.07) is 26.2. The molecular formula is C30H32N6O. The number of imidazole rings is 1. The molecule has 5 rings (SSSR count). The third-order valence-electron chi connectivity index (χ3n) is 7.02. The fourth-order valence-corrected chi connectivity index (χ4v) is 5.16. The van der Waals surface area contributed by atoms with E-state index in [-0.39, 0.29) is 5.91 Å². The van der Waals surface area contributed by atoms with Gasteiger partial charge in [-0.25, -0.2) is 4.98 Å². The highest BCUT2D eigenvalue weighted by Crippen LogP contribution is 2.30. The summed E-state index contributed by atoms with van der Waals surface area (Å²) in [5.41, 5.74) is 5.81. The number of aromatic nitrogens is 2. The zero-order valence-electron chi connectivity index (χ0n) is 21.2. The zero-order chi connectivity index (χ0) is 25.6. The summed E-state index contributed by atoms with van der Waals surface area (Å²) < 4.78 is 2.12. The second-order valence-corrected chi connectivity index (χ2v) is 9.62. The van der Waals surface area contributed by atoms with Crippen molar-refractivity contribution in [1.29, 1.82) is 5.26 Å². The largest absolute Gasteiger partial charge is 0.355 e. The van der Waals surface area contributed by atoms with Crippen molar-refractivity contribution >= 4 is 28.6 Å². The van der Waals surface area contributed by atoms with Crippen LogP contribution in [0.5, 0.6) is 0 Å². The maximum absolute atomic E-state index is 11.4. The molecule has 1 aliphatic heterocycles. The fraction of sp³-hybridized carbons (Fsp3) is 0.300. The average molecular weight is 493 g/mol. The van der Waals surface area contributed by atoms with Crippen LogP contribution in [-0.4, -0.2) is 46.5 Å². The number of rotatable bonds is 8. The standard InChI is InChI=1S/C30H32N6O/c1-22(37)33-26-7-4-6-25(20-26)24-14-18-35(19-15-24)17-5-16-32-30-34-28-8-2-3-9-29(28)36(30)27-12-10-23(21-31)11-13-27/h2-4,6-13,20,24H,5,14-19H2,1H3,(H,32,34)(H,33,37). The van der Waals surface area contributed by atoms with Gasteiger partial charge in [0.05, 0.1) is 22.7 Å². The van der Waals surface area contributed by atoms with Crippen molar-refractivity contribution < 1.29 is 4.79 Å². The van der Waals surface area contributed by atoms with Crippen LogP contribution in [0.4, 0.5) is 11.6 Å². The number of amides is 1. The Hall–Kier alpha value is -4.15. The van der Waals surface area contributed by atoms with Crippen molar-refractivity contribution in [1.82, 2.24) is 14.5 Å². The molecule has 0 saturated carbocycles. The number of anilines is 2. The highest BCUT2D eigenvalue weighted by molar-refractivity contribution is 5.88. The van der Waals surface area contributed by atoms with Crippen molar-refractivity contribution in [2.24, 2.45) is 0 Å². The van der Waals surface area contributed by atoms with E-state index in [0.717, 1.165) is 73.8 Å². The highest BCUT2D eigenvalue weighted by Gasteiger charge is 2.21. The van der Waals surface area contributed by atoms with Crippen LogP contribution in [0.15, 0.2) is 72.8 Å². The SMILES string of the molecule is CC(=O)Nc1cccc(C2CCN(CCCNc3nc4ccccc4n3-c3ccc(C#N)cc3)CC2)c1. The van der Waals surface area contributed by atoms with E-state index >= 15 is 0 Å². The summed E-state index contributed by atoms with van der Waals surface area (Å²) in [5, 5.41) is 15.6. The molecule has 1 saturated heterocycles. The maximum Gasteiger partial charge on any atom is 0.221 e. The monoisotopic (exact) mass is 492 g/mol. The molecule has 0 spiro atoms. The minimum Gasteiger partial charge on any atom is -0.355 e. The Morgan fingerprint density at radius 2 is 1.84 bits per heavy atom. The van der Waals surface area contributed by atoms with Gasteiger partial charge in [0.1, 0.15) is 0 Å². The first-order valence-electron chi connectivity index (χ1n) is 12.9. The molecule has 37 heavy (non-hydrogen) atoms. The summed E-state index contributed by atoms with van der Waals surface area (Å²) in [6.45, 7) is 5.58. The molecule has 188 valence electrons. The Kier molecular flexibility index (Phi) is 7.48. The molecule has 0 aliphatic carbocycles. The third kappa shape index (κ3) is 5.82. The van der Waals surface area contributed by atoms with Gasteiger partial charge in [-0.3, -0.25) is 9.36 Å². The van der Waals surface area contributed by atoms with Crippen molar-refractivity contribution in [2.75, 3.05) is 36.8 Å². The molecule has 7 nitrogen and oxygen atoms in total. The number of fused-ring (bicyclic) bond motifs is 1. The molecular weight excluding hydrogens is 460 g/mol. The van der Waals surface area contributed by atoms with Crippen LogP contribution in [-0.2, 0) is 4.79 Å². The number of carbonyl (C=O) groups excluding carboxylic acids is 1. The van der Waals surface area contributed by atoms with E-state index in [0.29, 0.717) is 11.5 Å². The molecule has 0 atom stereocenters. The minimum absolute atomic E-state index is 0.0342. The second kappa shape index (κ2) is 11.3. The summed E-state index contributed by atoms with van der Waals surface area (Å²) >= 11 is 0. The lowest BCUT2D eigenvalue weighted by Crippen LogP contribution is -2.34. The molecule has 1 fully saturated rings. The Balaban J connectivity index is 1.16. The van der Waals surface area contributed by atoms with Crippen LogP contribution in [0.25, 0.3) is 16.7 Å². The quantitative estimate of drug-likeness (QED) is 0.316. The molecule has 1 amide bonds. The third-order valence-corrected chi connectivity index (χ3v) is 7.02. The first-order chi connectivity index (χ1) is 18.1. The van der Waals surface area contributed by atoms with E-state index in [9.17, 15) is 4.79 Å². The van der Waals surface area contributed by atoms with E-state index in [1.807, 2.05) is 54.6 Å². The number of nitrogens with zero attached hydrogens (tertiary/aromatic N) is 4. The number of likely N-dealkylation sites (tertiary alicyclic amines) is 1. The van der Waals surface area contributed by atoms with Crippen LogP contribution in [0.2, 0.25) is 0 Å².